The van der Waals surface area contributed by atoms with Crippen LogP contribution < -0.4 is 11.1 Å². The first kappa shape index (κ1) is 13.4. The molecule has 0 aliphatic rings. The standard InChI is InChI=1S/C11H24N2O/c1-7(2)8(3)6-13-11(14)9(4)10(5)12/h7-10H,6,12H2,1-5H3,(H,13,14). The van der Waals surface area contributed by atoms with Crippen molar-refractivity contribution >= 4 is 5.91 Å². The van der Waals surface area contributed by atoms with Gasteiger partial charge in [-0.25, -0.2) is 0 Å². The van der Waals surface area contributed by atoms with Crippen molar-refractivity contribution in [2.24, 2.45) is 23.5 Å². The molecule has 3 unspecified atom stereocenters. The number of amides is 1. The number of hydrogen-bond donors (Lipinski definition) is 2. The second kappa shape index (κ2) is 6.02. The quantitative estimate of drug-likeness (QED) is 0.704. The summed E-state index contributed by atoms with van der Waals surface area (Å²) in [6, 6.07) is -0.0793. The normalized spacial score (nSPS) is 17.6. The van der Waals surface area contributed by atoms with Crippen molar-refractivity contribution in [2.45, 2.75) is 40.7 Å². The predicted octanol–water partition coefficient (Wildman–Crippen LogP) is 1.38. The zero-order valence-electron chi connectivity index (χ0n) is 10.0. The lowest BCUT2D eigenvalue weighted by Crippen LogP contribution is -2.40. The van der Waals surface area contributed by atoms with Crippen LogP contribution in [0.2, 0.25) is 0 Å². The third kappa shape index (κ3) is 4.61. The van der Waals surface area contributed by atoms with Gasteiger partial charge >= 0.3 is 0 Å². The monoisotopic (exact) mass is 200 g/mol. The van der Waals surface area contributed by atoms with Crippen molar-refractivity contribution in [3.8, 4) is 0 Å². The van der Waals surface area contributed by atoms with Crippen LogP contribution in [0.25, 0.3) is 0 Å². The fraction of sp³-hybridized carbons (Fsp3) is 0.909. The summed E-state index contributed by atoms with van der Waals surface area (Å²) in [6.45, 7) is 10.9. The first-order valence-electron chi connectivity index (χ1n) is 5.39. The van der Waals surface area contributed by atoms with Crippen LogP contribution in [-0.4, -0.2) is 18.5 Å². The molecule has 0 radical (unpaired) electrons. The topological polar surface area (TPSA) is 55.1 Å². The van der Waals surface area contributed by atoms with Crippen molar-refractivity contribution in [1.29, 1.82) is 0 Å². The Labute approximate surface area is 87.4 Å². The van der Waals surface area contributed by atoms with Gasteiger partial charge in [0.1, 0.15) is 0 Å². The fourth-order valence-corrected chi connectivity index (χ4v) is 0.897. The number of hydrogen-bond acceptors (Lipinski definition) is 2. The molecule has 0 saturated heterocycles. The molecule has 14 heavy (non-hydrogen) atoms. The molecule has 3 nitrogen and oxygen atoms in total. The minimum absolute atomic E-state index is 0.0625. The van der Waals surface area contributed by atoms with Crippen LogP contribution in [0.5, 0.6) is 0 Å². The third-order valence-corrected chi connectivity index (χ3v) is 2.94. The summed E-state index contributed by atoms with van der Waals surface area (Å²) in [4.78, 5) is 11.5. The van der Waals surface area contributed by atoms with Crippen molar-refractivity contribution in [1.82, 2.24) is 5.32 Å². The largest absolute Gasteiger partial charge is 0.356 e. The van der Waals surface area contributed by atoms with E-state index in [1.165, 1.54) is 0 Å². The zero-order valence-corrected chi connectivity index (χ0v) is 10.0. The van der Waals surface area contributed by atoms with Crippen molar-refractivity contribution in [2.75, 3.05) is 6.54 Å². The van der Waals surface area contributed by atoms with E-state index in [9.17, 15) is 4.79 Å². The summed E-state index contributed by atoms with van der Waals surface area (Å²) >= 11 is 0. The Morgan fingerprint density at radius 3 is 2.07 bits per heavy atom. The van der Waals surface area contributed by atoms with Crippen LogP contribution in [-0.2, 0) is 4.79 Å². The average Bonchev–Trinajstić information content (AvgIpc) is 2.11. The number of carbonyl (C=O) groups excluding carboxylic acids is 1. The maximum atomic E-state index is 11.5. The van der Waals surface area contributed by atoms with Crippen molar-refractivity contribution in [3.63, 3.8) is 0 Å². The molecule has 0 fully saturated rings. The highest BCUT2D eigenvalue weighted by Crippen LogP contribution is 2.08. The SMILES string of the molecule is CC(C)C(C)CNC(=O)C(C)C(C)N. The van der Waals surface area contributed by atoms with Crippen LogP contribution in [0.1, 0.15) is 34.6 Å². The minimum atomic E-state index is -0.102. The molecule has 0 aromatic heterocycles. The molecular formula is C11H24N2O. The summed E-state index contributed by atoms with van der Waals surface area (Å²) in [5.41, 5.74) is 5.64. The van der Waals surface area contributed by atoms with Gasteiger partial charge in [0.2, 0.25) is 5.91 Å². The van der Waals surface area contributed by atoms with Crippen molar-refractivity contribution in [3.05, 3.63) is 0 Å². The third-order valence-electron chi connectivity index (χ3n) is 2.94. The first-order chi connectivity index (χ1) is 6.36. The van der Waals surface area contributed by atoms with Gasteiger partial charge in [0.15, 0.2) is 0 Å². The van der Waals surface area contributed by atoms with Crippen LogP contribution in [0.15, 0.2) is 0 Å². The lowest BCUT2D eigenvalue weighted by atomic mass is 9.97. The highest BCUT2D eigenvalue weighted by atomic mass is 16.1. The van der Waals surface area contributed by atoms with Crippen LogP contribution >= 0.6 is 0 Å². The molecule has 84 valence electrons. The van der Waals surface area contributed by atoms with E-state index in [0.29, 0.717) is 11.8 Å². The van der Waals surface area contributed by atoms with E-state index in [1.54, 1.807) is 0 Å². The first-order valence-corrected chi connectivity index (χ1v) is 5.39. The van der Waals surface area contributed by atoms with Gasteiger partial charge in [-0.2, -0.15) is 0 Å². The molecule has 3 heteroatoms. The number of rotatable bonds is 5. The second-order valence-electron chi connectivity index (χ2n) is 4.61. The molecule has 0 saturated carbocycles. The van der Waals surface area contributed by atoms with E-state index < -0.39 is 0 Å². The molecule has 0 bridgehead atoms. The molecule has 0 rings (SSSR count). The highest BCUT2D eigenvalue weighted by Gasteiger charge is 2.17. The van der Waals surface area contributed by atoms with Gasteiger partial charge in [-0.05, 0) is 18.8 Å². The molecule has 0 aromatic rings. The summed E-state index contributed by atoms with van der Waals surface area (Å²) in [5.74, 6) is 1.07. The fourth-order valence-electron chi connectivity index (χ4n) is 0.897. The van der Waals surface area contributed by atoms with Gasteiger partial charge in [-0.1, -0.05) is 27.7 Å². The van der Waals surface area contributed by atoms with E-state index in [2.05, 4.69) is 26.1 Å². The molecule has 0 spiro atoms. The summed E-state index contributed by atoms with van der Waals surface area (Å²) < 4.78 is 0. The number of nitrogens with one attached hydrogen (secondary N) is 1. The van der Waals surface area contributed by atoms with Crippen LogP contribution in [0, 0.1) is 17.8 Å². The van der Waals surface area contributed by atoms with Gasteiger partial charge < -0.3 is 11.1 Å². The van der Waals surface area contributed by atoms with E-state index in [1.807, 2.05) is 13.8 Å². The van der Waals surface area contributed by atoms with E-state index in [0.717, 1.165) is 6.54 Å². The Balaban J connectivity index is 3.85. The lowest BCUT2D eigenvalue weighted by Gasteiger charge is -2.19. The van der Waals surface area contributed by atoms with E-state index in [-0.39, 0.29) is 17.9 Å². The van der Waals surface area contributed by atoms with E-state index in [4.69, 9.17) is 5.73 Å². The Morgan fingerprint density at radius 2 is 1.71 bits per heavy atom. The maximum Gasteiger partial charge on any atom is 0.224 e. The Hall–Kier alpha value is -0.570. The molecule has 0 aliphatic carbocycles. The number of nitrogens with two attached hydrogens (primary N) is 1. The van der Waals surface area contributed by atoms with Crippen molar-refractivity contribution < 1.29 is 4.79 Å². The summed E-state index contributed by atoms with van der Waals surface area (Å²) in [7, 11) is 0. The van der Waals surface area contributed by atoms with Gasteiger partial charge in [0, 0.05) is 18.5 Å². The molecule has 0 aliphatic heterocycles. The minimum Gasteiger partial charge on any atom is -0.356 e. The van der Waals surface area contributed by atoms with Gasteiger partial charge in [-0.15, -0.1) is 0 Å². The zero-order chi connectivity index (χ0) is 11.3. The summed E-state index contributed by atoms with van der Waals surface area (Å²) in [6.07, 6.45) is 0. The highest BCUT2D eigenvalue weighted by molar-refractivity contribution is 5.78. The van der Waals surface area contributed by atoms with Crippen LogP contribution in [0.4, 0.5) is 0 Å². The molecule has 3 N–H and O–H groups in total. The summed E-state index contributed by atoms with van der Waals surface area (Å²) in [5, 5.41) is 2.93. The molecule has 1 amide bonds. The predicted molar refractivity (Wildman–Crippen MR) is 59.8 cm³/mol. The molecule has 0 aromatic carbocycles. The Morgan fingerprint density at radius 1 is 1.21 bits per heavy atom. The molecule has 0 heterocycles. The van der Waals surface area contributed by atoms with E-state index >= 15 is 0 Å². The average molecular weight is 200 g/mol. The lowest BCUT2D eigenvalue weighted by molar-refractivity contribution is -0.125. The molecular weight excluding hydrogens is 176 g/mol. The molecule has 3 atom stereocenters. The number of carbonyl (C=O) groups is 1. The second-order valence-corrected chi connectivity index (χ2v) is 4.61. The van der Waals surface area contributed by atoms with Gasteiger partial charge in [0.05, 0.1) is 0 Å². The smallest absolute Gasteiger partial charge is 0.224 e. The maximum absolute atomic E-state index is 11.5. The van der Waals surface area contributed by atoms with Crippen LogP contribution in [0.3, 0.4) is 0 Å². The van der Waals surface area contributed by atoms with Gasteiger partial charge in [-0.3, -0.25) is 4.79 Å². The van der Waals surface area contributed by atoms with Gasteiger partial charge in [0.25, 0.3) is 0 Å². The Kier molecular flexibility index (Phi) is 5.77. The Bertz CT molecular complexity index is 178.